The van der Waals surface area contributed by atoms with E-state index < -0.39 is 54.5 Å². The molecule has 2 heterocycles. The molecule has 9 N–H and O–H groups in total. The van der Waals surface area contributed by atoms with Gasteiger partial charge in [-0.05, 0) is 5.56 Å². The lowest BCUT2D eigenvalue weighted by Crippen LogP contribution is -2.58. The number of hydrogen-bond donors (Lipinski definition) is 8. The van der Waals surface area contributed by atoms with Gasteiger partial charge in [-0.25, -0.2) is 14.8 Å². The van der Waals surface area contributed by atoms with Gasteiger partial charge in [0.1, 0.15) is 24.2 Å². The molecule has 0 radical (unpaired) electrons. The molecule has 3 rings (SSSR count). The summed E-state index contributed by atoms with van der Waals surface area (Å²) in [5, 5.41) is 26.5. The summed E-state index contributed by atoms with van der Waals surface area (Å²) < 4.78 is 0. The Bertz CT molecular complexity index is 1190. The van der Waals surface area contributed by atoms with E-state index in [4.69, 9.17) is 5.73 Å². The maximum absolute atomic E-state index is 13.3. The third-order valence-electron chi connectivity index (χ3n) is 5.65. The third-order valence-corrected chi connectivity index (χ3v) is 5.65. The van der Waals surface area contributed by atoms with Gasteiger partial charge in [-0.2, -0.15) is 0 Å². The number of rotatable bonds is 14. The lowest BCUT2D eigenvalue weighted by molar-refractivity contribution is -0.142. The molecule has 0 bridgehead atoms. The van der Waals surface area contributed by atoms with E-state index in [0.29, 0.717) is 17.0 Å². The molecule has 0 fully saturated rings. The van der Waals surface area contributed by atoms with Gasteiger partial charge in [0.25, 0.3) is 0 Å². The Morgan fingerprint density at radius 1 is 0.789 bits per heavy atom. The van der Waals surface area contributed by atoms with Crippen molar-refractivity contribution in [2.75, 3.05) is 6.61 Å². The summed E-state index contributed by atoms with van der Waals surface area (Å²) in [6.45, 7) is -0.632. The Balaban J connectivity index is 1.78. The number of imidazole rings is 2. The van der Waals surface area contributed by atoms with Crippen LogP contribution in [0.1, 0.15) is 17.0 Å². The van der Waals surface area contributed by atoms with Crippen molar-refractivity contribution in [2.45, 2.75) is 43.4 Å². The number of aromatic nitrogens is 4. The first kappa shape index (κ1) is 28.0. The predicted octanol–water partition coefficient (Wildman–Crippen LogP) is -1.98. The van der Waals surface area contributed by atoms with Gasteiger partial charge in [0.15, 0.2) is 0 Å². The lowest BCUT2D eigenvalue weighted by Gasteiger charge is -2.25. The number of H-pyrrole nitrogens is 2. The van der Waals surface area contributed by atoms with Crippen LogP contribution >= 0.6 is 0 Å². The van der Waals surface area contributed by atoms with E-state index >= 15 is 0 Å². The minimum absolute atomic E-state index is 0.0140. The number of nitrogens with one attached hydrogen (secondary N) is 5. The molecule has 1 aromatic carbocycles. The fourth-order valence-electron chi connectivity index (χ4n) is 3.61. The van der Waals surface area contributed by atoms with E-state index in [1.54, 1.807) is 30.3 Å². The van der Waals surface area contributed by atoms with E-state index in [-0.39, 0.29) is 19.3 Å². The van der Waals surface area contributed by atoms with E-state index in [0.717, 1.165) is 0 Å². The van der Waals surface area contributed by atoms with Gasteiger partial charge in [-0.15, -0.1) is 0 Å². The predicted molar refractivity (Wildman–Crippen MR) is 133 cm³/mol. The molecule has 0 aliphatic carbocycles. The molecule has 3 aromatic rings. The molecular formula is C24H30N8O6. The van der Waals surface area contributed by atoms with E-state index in [9.17, 15) is 29.4 Å². The minimum atomic E-state index is -1.26. The van der Waals surface area contributed by atoms with Crippen molar-refractivity contribution in [3.05, 3.63) is 72.3 Å². The molecule has 4 unspecified atom stereocenters. The standard InChI is InChI=1S/C24H30N8O6/c25-17(11-33)21(34)30-18(7-15-9-26-12-28-15)22(35)31-19(8-16-10-27-13-29-16)23(36)32-20(24(37)38)6-14-4-2-1-3-5-14/h1-5,9-10,12-13,17-20,33H,6-8,11,25H2,(H,26,28)(H,27,29)(H,30,34)(H,31,35)(H,32,36)(H,37,38). The van der Waals surface area contributed by atoms with Crippen LogP contribution in [-0.4, -0.2) is 84.6 Å². The third kappa shape index (κ3) is 8.25. The van der Waals surface area contributed by atoms with Crippen LogP contribution in [0.4, 0.5) is 0 Å². The smallest absolute Gasteiger partial charge is 0.326 e. The number of nitrogens with zero attached hydrogens (tertiary/aromatic N) is 2. The average molecular weight is 527 g/mol. The second kappa shape index (κ2) is 13.7. The van der Waals surface area contributed by atoms with E-state index in [1.165, 1.54) is 25.0 Å². The number of benzene rings is 1. The summed E-state index contributed by atoms with van der Waals surface area (Å²) >= 11 is 0. The van der Waals surface area contributed by atoms with E-state index in [1.807, 2.05) is 0 Å². The highest BCUT2D eigenvalue weighted by molar-refractivity contribution is 5.94. The van der Waals surface area contributed by atoms with Gasteiger partial charge in [0.05, 0.1) is 19.3 Å². The Morgan fingerprint density at radius 2 is 1.29 bits per heavy atom. The first-order chi connectivity index (χ1) is 18.3. The number of carboxylic acids is 1. The van der Waals surface area contributed by atoms with Crippen LogP contribution in [-0.2, 0) is 38.4 Å². The van der Waals surface area contributed by atoms with Crippen LogP contribution in [0.5, 0.6) is 0 Å². The Labute approximate surface area is 217 Å². The van der Waals surface area contributed by atoms with Crippen LogP contribution in [0.2, 0.25) is 0 Å². The first-order valence-corrected chi connectivity index (χ1v) is 11.8. The summed E-state index contributed by atoms with van der Waals surface area (Å²) in [6.07, 6.45) is 5.72. The molecule has 0 spiro atoms. The quantitative estimate of drug-likeness (QED) is 0.116. The van der Waals surface area contributed by atoms with Crippen molar-refractivity contribution in [1.29, 1.82) is 0 Å². The van der Waals surface area contributed by atoms with Crippen molar-refractivity contribution >= 4 is 23.7 Å². The molecule has 0 saturated heterocycles. The normalized spacial score (nSPS) is 14.1. The van der Waals surface area contributed by atoms with Crippen LogP contribution < -0.4 is 21.7 Å². The second-order valence-electron chi connectivity index (χ2n) is 8.56. The van der Waals surface area contributed by atoms with Gasteiger partial charge < -0.3 is 41.9 Å². The minimum Gasteiger partial charge on any atom is -0.480 e. The van der Waals surface area contributed by atoms with Crippen LogP contribution in [0.3, 0.4) is 0 Å². The highest BCUT2D eigenvalue weighted by atomic mass is 16.4. The van der Waals surface area contributed by atoms with Crippen molar-refractivity contribution in [2.24, 2.45) is 5.73 Å². The number of hydrogen-bond acceptors (Lipinski definition) is 8. The topological polar surface area (TPSA) is 228 Å². The van der Waals surface area contributed by atoms with Crippen LogP contribution in [0, 0.1) is 0 Å². The number of aliphatic hydroxyl groups excluding tert-OH is 1. The summed E-state index contributed by atoms with van der Waals surface area (Å²) in [7, 11) is 0. The molecule has 14 nitrogen and oxygen atoms in total. The number of aliphatic carboxylic acids is 1. The Morgan fingerprint density at radius 3 is 1.74 bits per heavy atom. The Kier molecular flexibility index (Phi) is 10.1. The fraction of sp³-hybridized carbons (Fsp3) is 0.333. The zero-order valence-electron chi connectivity index (χ0n) is 20.3. The number of carboxylic acid groups (broad SMARTS) is 1. The number of amides is 3. The molecule has 2 aromatic heterocycles. The number of carbonyl (C=O) groups excluding carboxylic acids is 3. The second-order valence-corrected chi connectivity index (χ2v) is 8.56. The number of carbonyl (C=O) groups is 4. The summed E-state index contributed by atoms with van der Waals surface area (Å²) in [5.41, 5.74) is 7.32. The van der Waals surface area contributed by atoms with Crippen molar-refractivity contribution in [3.8, 4) is 0 Å². The van der Waals surface area contributed by atoms with Gasteiger partial charge in [0, 0.05) is 43.0 Å². The fourth-order valence-corrected chi connectivity index (χ4v) is 3.61. The van der Waals surface area contributed by atoms with Crippen molar-refractivity contribution in [1.82, 2.24) is 35.9 Å². The highest BCUT2D eigenvalue weighted by Gasteiger charge is 2.31. The van der Waals surface area contributed by atoms with Gasteiger partial charge in [-0.1, -0.05) is 30.3 Å². The van der Waals surface area contributed by atoms with Gasteiger partial charge in [0.2, 0.25) is 17.7 Å². The zero-order valence-corrected chi connectivity index (χ0v) is 20.3. The molecule has 14 heteroatoms. The maximum Gasteiger partial charge on any atom is 0.326 e. The number of nitrogens with two attached hydrogens (primary N) is 1. The molecule has 4 atom stereocenters. The summed E-state index contributed by atoms with van der Waals surface area (Å²) in [4.78, 5) is 64.2. The van der Waals surface area contributed by atoms with Gasteiger partial charge in [-0.3, -0.25) is 14.4 Å². The van der Waals surface area contributed by atoms with E-state index in [2.05, 4.69) is 35.9 Å². The number of aromatic amines is 2. The maximum atomic E-state index is 13.3. The van der Waals surface area contributed by atoms with Gasteiger partial charge >= 0.3 is 5.97 Å². The Hall–Kier alpha value is -4.56. The molecule has 0 aliphatic heterocycles. The van der Waals surface area contributed by atoms with Crippen molar-refractivity contribution < 1.29 is 29.4 Å². The summed E-state index contributed by atoms with van der Waals surface area (Å²) in [5.74, 6) is -3.48. The van der Waals surface area contributed by atoms with Crippen LogP contribution in [0.25, 0.3) is 0 Å². The first-order valence-electron chi connectivity index (χ1n) is 11.8. The molecule has 0 saturated carbocycles. The molecule has 3 amide bonds. The lowest BCUT2D eigenvalue weighted by atomic mass is 10.0. The SMILES string of the molecule is NC(CO)C(=O)NC(Cc1cnc[nH]1)C(=O)NC(Cc1cnc[nH]1)C(=O)NC(Cc1ccccc1)C(=O)O. The molecule has 202 valence electrons. The summed E-state index contributed by atoms with van der Waals surface area (Å²) in [6, 6.07) is 3.88. The monoisotopic (exact) mass is 526 g/mol. The zero-order chi connectivity index (χ0) is 27.5. The number of aliphatic hydroxyl groups is 1. The van der Waals surface area contributed by atoms with Crippen molar-refractivity contribution in [3.63, 3.8) is 0 Å². The highest BCUT2D eigenvalue weighted by Crippen LogP contribution is 2.07. The average Bonchev–Trinajstić information content (AvgIpc) is 3.62. The molecule has 38 heavy (non-hydrogen) atoms. The molecular weight excluding hydrogens is 496 g/mol. The van der Waals surface area contributed by atoms with Crippen LogP contribution in [0.15, 0.2) is 55.4 Å². The largest absolute Gasteiger partial charge is 0.480 e. The molecule has 0 aliphatic rings.